The predicted octanol–water partition coefficient (Wildman–Crippen LogP) is 2.04. The number of benzene rings is 1. The lowest BCUT2D eigenvalue weighted by Gasteiger charge is -2.20. The summed E-state index contributed by atoms with van der Waals surface area (Å²) >= 11 is 0. The third kappa shape index (κ3) is 1.30. The van der Waals surface area contributed by atoms with E-state index >= 15 is 0 Å². The SMILES string of the molecule is C[C@@H]1COc2cc(F)ccc2C1=O. The smallest absolute Gasteiger partial charge is 0.172 e. The molecule has 13 heavy (non-hydrogen) atoms. The molecule has 0 fully saturated rings. The van der Waals surface area contributed by atoms with Crippen molar-refractivity contribution in [3.63, 3.8) is 0 Å². The van der Waals surface area contributed by atoms with Crippen LogP contribution in [-0.2, 0) is 0 Å². The molecule has 1 aliphatic rings. The van der Waals surface area contributed by atoms with E-state index in [1.807, 2.05) is 0 Å². The van der Waals surface area contributed by atoms with Crippen molar-refractivity contribution in [1.82, 2.24) is 0 Å². The van der Waals surface area contributed by atoms with Crippen LogP contribution in [0.5, 0.6) is 5.75 Å². The van der Waals surface area contributed by atoms with Gasteiger partial charge in [-0.15, -0.1) is 0 Å². The summed E-state index contributed by atoms with van der Waals surface area (Å²) in [5.41, 5.74) is 0.486. The maximum Gasteiger partial charge on any atom is 0.172 e. The van der Waals surface area contributed by atoms with E-state index in [-0.39, 0.29) is 17.5 Å². The van der Waals surface area contributed by atoms with E-state index in [0.29, 0.717) is 17.9 Å². The van der Waals surface area contributed by atoms with Gasteiger partial charge in [-0.3, -0.25) is 4.79 Å². The number of rotatable bonds is 0. The molecule has 0 saturated heterocycles. The van der Waals surface area contributed by atoms with Gasteiger partial charge in [0.25, 0.3) is 0 Å². The van der Waals surface area contributed by atoms with Gasteiger partial charge in [-0.25, -0.2) is 4.39 Å². The Labute approximate surface area is 75.3 Å². The van der Waals surface area contributed by atoms with Gasteiger partial charge < -0.3 is 4.74 Å². The molecule has 2 nitrogen and oxygen atoms in total. The Morgan fingerprint density at radius 1 is 1.54 bits per heavy atom. The molecule has 1 aromatic carbocycles. The molecule has 0 N–H and O–H groups in total. The zero-order valence-electron chi connectivity index (χ0n) is 7.21. The lowest BCUT2D eigenvalue weighted by Crippen LogP contribution is -2.25. The molecule has 0 bridgehead atoms. The Kier molecular flexibility index (Phi) is 1.79. The van der Waals surface area contributed by atoms with Crippen LogP contribution >= 0.6 is 0 Å². The van der Waals surface area contributed by atoms with E-state index in [1.54, 1.807) is 6.92 Å². The van der Waals surface area contributed by atoms with Gasteiger partial charge in [-0.1, -0.05) is 6.92 Å². The number of hydrogen-bond donors (Lipinski definition) is 0. The van der Waals surface area contributed by atoms with Gasteiger partial charge >= 0.3 is 0 Å². The second-order valence-electron chi connectivity index (χ2n) is 3.22. The molecule has 1 aliphatic heterocycles. The van der Waals surface area contributed by atoms with Crippen molar-refractivity contribution in [3.05, 3.63) is 29.6 Å². The second kappa shape index (κ2) is 2.83. The lowest BCUT2D eigenvalue weighted by molar-refractivity contribution is 0.0848. The summed E-state index contributed by atoms with van der Waals surface area (Å²) in [4.78, 5) is 11.5. The Balaban J connectivity index is 2.50. The molecule has 3 heteroatoms. The number of Topliss-reactive ketones (excluding diaryl/α,β-unsaturated/α-hetero) is 1. The highest BCUT2D eigenvalue weighted by molar-refractivity contribution is 6.01. The molecule has 1 atom stereocenters. The Hall–Kier alpha value is -1.38. The van der Waals surface area contributed by atoms with Gasteiger partial charge in [-0.2, -0.15) is 0 Å². The van der Waals surface area contributed by atoms with Crippen LogP contribution < -0.4 is 4.74 Å². The molecule has 68 valence electrons. The number of ether oxygens (including phenoxy) is 1. The summed E-state index contributed by atoms with van der Waals surface area (Å²) in [7, 11) is 0. The lowest BCUT2D eigenvalue weighted by atomic mass is 9.97. The van der Waals surface area contributed by atoms with E-state index in [2.05, 4.69) is 0 Å². The van der Waals surface area contributed by atoms with E-state index < -0.39 is 0 Å². The zero-order valence-corrected chi connectivity index (χ0v) is 7.21. The van der Waals surface area contributed by atoms with E-state index in [4.69, 9.17) is 4.74 Å². The van der Waals surface area contributed by atoms with Gasteiger partial charge in [0, 0.05) is 6.07 Å². The fourth-order valence-electron chi connectivity index (χ4n) is 1.38. The van der Waals surface area contributed by atoms with E-state index in [9.17, 15) is 9.18 Å². The number of hydrogen-bond acceptors (Lipinski definition) is 2. The van der Waals surface area contributed by atoms with Gasteiger partial charge in [0.05, 0.1) is 18.1 Å². The predicted molar refractivity (Wildman–Crippen MR) is 45.4 cm³/mol. The topological polar surface area (TPSA) is 26.3 Å². The first-order chi connectivity index (χ1) is 6.18. The van der Waals surface area contributed by atoms with Crippen molar-refractivity contribution in [1.29, 1.82) is 0 Å². The number of halogens is 1. The molecule has 0 aromatic heterocycles. The second-order valence-corrected chi connectivity index (χ2v) is 3.22. The van der Waals surface area contributed by atoms with Crippen molar-refractivity contribution >= 4 is 5.78 Å². The minimum atomic E-state index is -0.374. The first-order valence-corrected chi connectivity index (χ1v) is 4.15. The summed E-state index contributed by atoms with van der Waals surface area (Å²) < 4.78 is 18.0. The van der Waals surface area contributed by atoms with Crippen LogP contribution in [0.4, 0.5) is 4.39 Å². The summed E-state index contributed by atoms with van der Waals surface area (Å²) in [6.07, 6.45) is 0. The fourth-order valence-corrected chi connectivity index (χ4v) is 1.38. The summed E-state index contributed by atoms with van der Waals surface area (Å²) in [5, 5.41) is 0. The molecule has 0 spiro atoms. The highest BCUT2D eigenvalue weighted by atomic mass is 19.1. The van der Waals surface area contributed by atoms with E-state index in [1.165, 1.54) is 18.2 Å². The fraction of sp³-hybridized carbons (Fsp3) is 0.300. The average Bonchev–Trinajstić information content (AvgIpc) is 2.12. The maximum atomic E-state index is 12.7. The summed E-state index contributed by atoms with van der Waals surface area (Å²) in [5.74, 6) is -0.108. The van der Waals surface area contributed by atoms with Gasteiger partial charge in [0.15, 0.2) is 5.78 Å². The zero-order chi connectivity index (χ0) is 9.42. The van der Waals surface area contributed by atoms with Crippen molar-refractivity contribution in [3.8, 4) is 5.75 Å². The van der Waals surface area contributed by atoms with Crippen molar-refractivity contribution in [2.75, 3.05) is 6.61 Å². The van der Waals surface area contributed by atoms with Crippen LogP contribution in [0.2, 0.25) is 0 Å². The van der Waals surface area contributed by atoms with Crippen LogP contribution in [0.1, 0.15) is 17.3 Å². The van der Waals surface area contributed by atoms with Crippen molar-refractivity contribution in [2.45, 2.75) is 6.92 Å². The molecule has 0 amide bonds. The first kappa shape index (κ1) is 8.23. The molecular formula is C10H9FO2. The highest BCUT2D eigenvalue weighted by Crippen LogP contribution is 2.27. The molecule has 0 unspecified atom stereocenters. The Morgan fingerprint density at radius 3 is 3.08 bits per heavy atom. The molecule has 0 aliphatic carbocycles. The Bertz CT molecular complexity index is 360. The van der Waals surface area contributed by atoms with Crippen LogP contribution in [0.3, 0.4) is 0 Å². The quantitative estimate of drug-likeness (QED) is 0.610. The molecule has 2 rings (SSSR count). The average molecular weight is 180 g/mol. The minimum Gasteiger partial charge on any atom is -0.492 e. The van der Waals surface area contributed by atoms with Crippen LogP contribution in [-0.4, -0.2) is 12.4 Å². The van der Waals surface area contributed by atoms with Gasteiger partial charge in [-0.05, 0) is 12.1 Å². The normalized spacial score (nSPS) is 20.8. The Morgan fingerprint density at radius 2 is 2.31 bits per heavy atom. The number of ketones is 1. The molecule has 0 saturated carbocycles. The van der Waals surface area contributed by atoms with Crippen LogP contribution in [0.15, 0.2) is 18.2 Å². The van der Waals surface area contributed by atoms with E-state index in [0.717, 1.165) is 0 Å². The molecular weight excluding hydrogens is 171 g/mol. The summed E-state index contributed by atoms with van der Waals surface area (Å²) in [6.45, 7) is 2.14. The van der Waals surface area contributed by atoms with Crippen molar-refractivity contribution < 1.29 is 13.9 Å². The maximum absolute atomic E-state index is 12.7. The summed E-state index contributed by atoms with van der Waals surface area (Å²) in [6, 6.07) is 4.00. The molecule has 0 radical (unpaired) electrons. The van der Waals surface area contributed by atoms with Gasteiger partial charge in [0.2, 0.25) is 0 Å². The van der Waals surface area contributed by atoms with Crippen molar-refractivity contribution in [2.24, 2.45) is 5.92 Å². The van der Waals surface area contributed by atoms with Crippen LogP contribution in [0.25, 0.3) is 0 Å². The standard InChI is InChI=1S/C10H9FO2/c1-6-5-13-9-4-7(11)2-3-8(9)10(6)12/h2-4,6H,5H2,1H3/t6-/m1/s1. The highest BCUT2D eigenvalue weighted by Gasteiger charge is 2.25. The monoisotopic (exact) mass is 180 g/mol. The largest absolute Gasteiger partial charge is 0.492 e. The third-order valence-electron chi connectivity index (χ3n) is 2.15. The number of carbonyl (C=O) groups is 1. The molecule has 1 aromatic rings. The minimum absolute atomic E-state index is 0.0289. The third-order valence-corrected chi connectivity index (χ3v) is 2.15. The number of carbonyl (C=O) groups excluding carboxylic acids is 1. The molecule has 1 heterocycles. The first-order valence-electron chi connectivity index (χ1n) is 4.15. The van der Waals surface area contributed by atoms with Crippen LogP contribution in [0, 0.1) is 11.7 Å². The number of fused-ring (bicyclic) bond motifs is 1. The van der Waals surface area contributed by atoms with Gasteiger partial charge in [0.1, 0.15) is 11.6 Å².